The summed E-state index contributed by atoms with van der Waals surface area (Å²) in [5, 5.41) is 3.00. The molecule has 1 aliphatic heterocycles. The Bertz CT molecular complexity index is 913. The average molecular weight is 377 g/mol. The van der Waals surface area contributed by atoms with E-state index in [1.165, 1.54) is 11.6 Å². The molecule has 6 nitrogen and oxygen atoms in total. The Morgan fingerprint density at radius 2 is 1.86 bits per heavy atom. The molecule has 0 radical (unpaired) electrons. The van der Waals surface area contributed by atoms with Gasteiger partial charge in [0.2, 0.25) is 11.8 Å². The number of hydrogen-bond acceptors (Lipinski definition) is 5. The second-order valence-electron chi connectivity index (χ2n) is 6.67. The van der Waals surface area contributed by atoms with Gasteiger partial charge in [0.25, 0.3) is 0 Å². The Kier molecular flexibility index (Phi) is 5.80. The number of hydrogen-bond donors (Lipinski definition) is 1. The van der Waals surface area contributed by atoms with Crippen LogP contribution in [0.5, 0.6) is 0 Å². The van der Waals surface area contributed by atoms with Gasteiger partial charge < -0.3 is 14.5 Å². The number of benzene rings is 2. The fourth-order valence-corrected chi connectivity index (χ4v) is 3.39. The number of morpholine rings is 1. The normalized spacial score (nSPS) is 16.4. The molecule has 0 aliphatic carbocycles. The number of rotatable bonds is 6. The Balaban J connectivity index is 1.40. The predicted octanol–water partition coefficient (Wildman–Crippen LogP) is 3.03. The molecule has 4 rings (SSSR count). The Hall–Kier alpha value is -2.96. The third-order valence-electron chi connectivity index (χ3n) is 4.83. The third kappa shape index (κ3) is 4.47. The van der Waals surface area contributed by atoms with Crippen LogP contribution in [0.15, 0.2) is 65.1 Å². The predicted molar refractivity (Wildman–Crippen MR) is 108 cm³/mol. The molecular weight excluding hydrogens is 354 g/mol. The molecule has 1 aliphatic rings. The van der Waals surface area contributed by atoms with E-state index in [4.69, 9.17) is 9.15 Å². The van der Waals surface area contributed by atoms with E-state index in [1.54, 1.807) is 6.08 Å². The van der Waals surface area contributed by atoms with Gasteiger partial charge in [0.1, 0.15) is 5.52 Å². The van der Waals surface area contributed by atoms with Crippen molar-refractivity contribution in [2.45, 2.75) is 6.04 Å². The molecule has 144 valence electrons. The molecule has 6 heteroatoms. The van der Waals surface area contributed by atoms with Crippen molar-refractivity contribution in [3.05, 3.63) is 72.1 Å². The molecule has 1 unspecified atom stereocenters. The van der Waals surface area contributed by atoms with Gasteiger partial charge >= 0.3 is 0 Å². The van der Waals surface area contributed by atoms with Gasteiger partial charge in [-0.3, -0.25) is 9.69 Å². The molecule has 1 aromatic heterocycles. The lowest BCUT2D eigenvalue weighted by Gasteiger charge is -2.34. The van der Waals surface area contributed by atoms with E-state index in [1.807, 2.05) is 42.5 Å². The number of amides is 1. The summed E-state index contributed by atoms with van der Waals surface area (Å²) in [5.74, 6) is 0.251. The van der Waals surface area contributed by atoms with Crippen molar-refractivity contribution in [1.82, 2.24) is 15.2 Å². The van der Waals surface area contributed by atoms with Gasteiger partial charge in [-0.25, -0.2) is 4.98 Å². The van der Waals surface area contributed by atoms with E-state index in [-0.39, 0.29) is 11.9 Å². The average Bonchev–Trinajstić information content (AvgIpc) is 3.17. The van der Waals surface area contributed by atoms with Crippen LogP contribution in [0.3, 0.4) is 0 Å². The molecule has 0 spiro atoms. The van der Waals surface area contributed by atoms with Crippen LogP contribution < -0.4 is 5.32 Å². The minimum absolute atomic E-state index is 0.117. The summed E-state index contributed by atoms with van der Waals surface area (Å²) in [7, 11) is 0. The second kappa shape index (κ2) is 8.82. The van der Waals surface area contributed by atoms with Crippen LogP contribution in [0, 0.1) is 0 Å². The van der Waals surface area contributed by atoms with Crippen LogP contribution in [-0.2, 0) is 9.53 Å². The van der Waals surface area contributed by atoms with Crippen molar-refractivity contribution in [2.24, 2.45) is 0 Å². The number of carbonyl (C=O) groups excluding carboxylic acids is 1. The van der Waals surface area contributed by atoms with Crippen LogP contribution in [0.2, 0.25) is 0 Å². The molecule has 2 aromatic carbocycles. The number of fused-ring (bicyclic) bond motifs is 1. The largest absolute Gasteiger partial charge is 0.437 e. The van der Waals surface area contributed by atoms with Crippen molar-refractivity contribution in [3.63, 3.8) is 0 Å². The van der Waals surface area contributed by atoms with Gasteiger partial charge in [-0.05, 0) is 17.7 Å². The molecule has 2 heterocycles. The van der Waals surface area contributed by atoms with Gasteiger partial charge in [-0.15, -0.1) is 0 Å². The molecule has 1 saturated heterocycles. The van der Waals surface area contributed by atoms with Gasteiger partial charge in [0.05, 0.1) is 19.3 Å². The Morgan fingerprint density at radius 1 is 1.11 bits per heavy atom. The van der Waals surface area contributed by atoms with Crippen molar-refractivity contribution >= 4 is 23.1 Å². The minimum Gasteiger partial charge on any atom is -0.437 e. The fourth-order valence-electron chi connectivity index (χ4n) is 3.39. The van der Waals surface area contributed by atoms with Crippen molar-refractivity contribution in [3.8, 4) is 0 Å². The second-order valence-corrected chi connectivity index (χ2v) is 6.67. The SMILES string of the molecule is O=C(/C=C/c1nc2ccccc2o1)NCC(c1ccccc1)N1CCOCC1. The van der Waals surface area contributed by atoms with E-state index >= 15 is 0 Å². The third-order valence-corrected chi connectivity index (χ3v) is 4.83. The lowest BCUT2D eigenvalue weighted by atomic mass is 10.0. The van der Waals surface area contributed by atoms with E-state index in [0.29, 0.717) is 18.0 Å². The lowest BCUT2D eigenvalue weighted by Crippen LogP contribution is -2.43. The van der Waals surface area contributed by atoms with Crippen LogP contribution in [-0.4, -0.2) is 48.6 Å². The van der Waals surface area contributed by atoms with E-state index < -0.39 is 0 Å². The summed E-state index contributed by atoms with van der Waals surface area (Å²) in [5.41, 5.74) is 2.67. The lowest BCUT2D eigenvalue weighted by molar-refractivity contribution is -0.116. The Morgan fingerprint density at radius 3 is 2.64 bits per heavy atom. The number of nitrogens with one attached hydrogen (secondary N) is 1. The zero-order valence-corrected chi connectivity index (χ0v) is 15.6. The fraction of sp³-hybridized carbons (Fsp3) is 0.273. The molecule has 0 bridgehead atoms. The molecule has 28 heavy (non-hydrogen) atoms. The number of carbonyl (C=O) groups is 1. The number of nitrogens with zero attached hydrogens (tertiary/aromatic N) is 2. The highest BCUT2D eigenvalue weighted by Crippen LogP contribution is 2.21. The topological polar surface area (TPSA) is 67.6 Å². The summed E-state index contributed by atoms with van der Waals surface area (Å²) in [6.45, 7) is 3.67. The zero-order valence-electron chi connectivity index (χ0n) is 15.6. The number of ether oxygens (including phenoxy) is 1. The maximum atomic E-state index is 12.3. The van der Waals surface area contributed by atoms with Crippen LogP contribution in [0.25, 0.3) is 17.2 Å². The molecule has 1 amide bonds. The summed E-state index contributed by atoms with van der Waals surface area (Å²) in [6.07, 6.45) is 3.06. The van der Waals surface area contributed by atoms with Gasteiger partial charge in [0, 0.05) is 31.8 Å². The summed E-state index contributed by atoms with van der Waals surface area (Å²) < 4.78 is 11.1. The van der Waals surface area contributed by atoms with Crippen molar-refractivity contribution in [1.29, 1.82) is 0 Å². The smallest absolute Gasteiger partial charge is 0.244 e. The quantitative estimate of drug-likeness (QED) is 0.669. The highest BCUT2D eigenvalue weighted by atomic mass is 16.5. The number of para-hydroxylation sites is 2. The number of aromatic nitrogens is 1. The molecular formula is C22H23N3O3. The van der Waals surface area contributed by atoms with Crippen LogP contribution >= 0.6 is 0 Å². The summed E-state index contributed by atoms with van der Waals surface area (Å²) >= 11 is 0. The first kappa shape index (κ1) is 18.4. The van der Waals surface area contributed by atoms with E-state index in [9.17, 15) is 4.79 Å². The number of oxazole rings is 1. The monoisotopic (exact) mass is 377 g/mol. The molecule has 0 saturated carbocycles. The van der Waals surface area contributed by atoms with Gasteiger partial charge in [0.15, 0.2) is 5.58 Å². The van der Waals surface area contributed by atoms with E-state index in [0.717, 1.165) is 31.8 Å². The first-order valence-corrected chi connectivity index (χ1v) is 9.48. The molecule has 1 N–H and O–H groups in total. The highest BCUT2D eigenvalue weighted by Gasteiger charge is 2.22. The highest BCUT2D eigenvalue weighted by molar-refractivity contribution is 5.91. The molecule has 1 fully saturated rings. The van der Waals surface area contributed by atoms with Crippen molar-refractivity contribution in [2.75, 3.05) is 32.8 Å². The maximum absolute atomic E-state index is 12.3. The summed E-state index contributed by atoms with van der Waals surface area (Å²) in [4.78, 5) is 19.0. The first-order chi connectivity index (χ1) is 13.8. The first-order valence-electron chi connectivity index (χ1n) is 9.48. The van der Waals surface area contributed by atoms with Gasteiger partial charge in [-0.1, -0.05) is 42.5 Å². The maximum Gasteiger partial charge on any atom is 0.244 e. The minimum atomic E-state index is -0.170. The van der Waals surface area contributed by atoms with Crippen molar-refractivity contribution < 1.29 is 13.9 Å². The Labute approximate surface area is 163 Å². The summed E-state index contributed by atoms with van der Waals surface area (Å²) in [6, 6.07) is 17.9. The molecule has 1 atom stereocenters. The standard InChI is InChI=1S/C22H23N3O3/c26-21(10-11-22-24-18-8-4-5-9-20(18)28-22)23-16-19(17-6-2-1-3-7-17)25-12-14-27-15-13-25/h1-11,19H,12-16H2,(H,23,26)/b11-10+. The van der Waals surface area contributed by atoms with Crippen LogP contribution in [0.1, 0.15) is 17.5 Å². The molecule has 3 aromatic rings. The zero-order chi connectivity index (χ0) is 19.2. The van der Waals surface area contributed by atoms with E-state index in [2.05, 4.69) is 27.3 Å². The van der Waals surface area contributed by atoms with Crippen LogP contribution in [0.4, 0.5) is 0 Å². The van der Waals surface area contributed by atoms with Gasteiger partial charge in [-0.2, -0.15) is 0 Å².